The average Bonchev–Trinajstić information content (AvgIpc) is 3.04. The van der Waals surface area contributed by atoms with Crippen LogP contribution in [0.5, 0.6) is 0 Å². The fourth-order valence-electron chi connectivity index (χ4n) is 4.25. The van der Waals surface area contributed by atoms with Crippen molar-refractivity contribution in [3.63, 3.8) is 0 Å². The van der Waals surface area contributed by atoms with Gasteiger partial charge in [0, 0.05) is 18.1 Å². The minimum Gasteiger partial charge on any atom is -0.394 e. The van der Waals surface area contributed by atoms with E-state index in [0.717, 1.165) is 19.4 Å². The standard InChI is InChI=1S/C16H32N2O/c1-4-15(5-2)9-10-18(12-15)14-7-8-16(11-14,13-19)17-6-3/h14,17,19H,4-13H2,1-3H3. The molecule has 1 saturated carbocycles. The first-order valence-electron chi connectivity index (χ1n) is 8.22. The lowest BCUT2D eigenvalue weighted by molar-refractivity contribution is 0.145. The topological polar surface area (TPSA) is 35.5 Å². The third-order valence-electron chi connectivity index (χ3n) is 5.92. The summed E-state index contributed by atoms with van der Waals surface area (Å²) in [5.74, 6) is 0. The summed E-state index contributed by atoms with van der Waals surface area (Å²) in [6.45, 7) is 10.6. The van der Waals surface area contributed by atoms with Crippen LogP contribution >= 0.6 is 0 Å². The van der Waals surface area contributed by atoms with E-state index in [2.05, 4.69) is 31.0 Å². The second-order valence-electron chi connectivity index (χ2n) is 6.79. The van der Waals surface area contributed by atoms with E-state index in [1.807, 2.05) is 0 Å². The zero-order valence-electron chi connectivity index (χ0n) is 13.0. The van der Waals surface area contributed by atoms with Crippen LogP contribution in [0, 0.1) is 5.41 Å². The van der Waals surface area contributed by atoms with Crippen LogP contribution in [0.4, 0.5) is 0 Å². The molecule has 2 N–H and O–H groups in total. The zero-order valence-corrected chi connectivity index (χ0v) is 13.0. The molecule has 0 bridgehead atoms. The molecule has 0 amide bonds. The summed E-state index contributed by atoms with van der Waals surface area (Å²) in [4.78, 5) is 2.71. The fourth-order valence-corrected chi connectivity index (χ4v) is 4.25. The number of aliphatic hydroxyl groups is 1. The van der Waals surface area contributed by atoms with Crippen LogP contribution < -0.4 is 5.32 Å². The molecule has 2 atom stereocenters. The molecule has 2 unspecified atom stereocenters. The van der Waals surface area contributed by atoms with Gasteiger partial charge in [-0.1, -0.05) is 20.8 Å². The van der Waals surface area contributed by atoms with E-state index in [-0.39, 0.29) is 12.1 Å². The van der Waals surface area contributed by atoms with Gasteiger partial charge in [0.25, 0.3) is 0 Å². The summed E-state index contributed by atoms with van der Waals surface area (Å²) in [6, 6.07) is 0.686. The molecule has 3 heteroatoms. The Morgan fingerprint density at radius 3 is 2.47 bits per heavy atom. The van der Waals surface area contributed by atoms with Gasteiger partial charge in [-0.2, -0.15) is 0 Å². The van der Waals surface area contributed by atoms with E-state index >= 15 is 0 Å². The van der Waals surface area contributed by atoms with Crippen LogP contribution in [0.3, 0.4) is 0 Å². The maximum absolute atomic E-state index is 9.72. The molecule has 1 saturated heterocycles. The normalized spacial score (nSPS) is 35.1. The summed E-state index contributed by atoms with van der Waals surface area (Å²) < 4.78 is 0. The maximum Gasteiger partial charge on any atom is 0.0613 e. The molecule has 0 spiro atoms. The molecule has 112 valence electrons. The minimum atomic E-state index is 0.00307. The Bertz CT molecular complexity index is 290. The van der Waals surface area contributed by atoms with Gasteiger partial charge in [0.1, 0.15) is 0 Å². The van der Waals surface area contributed by atoms with Crippen molar-refractivity contribution >= 4 is 0 Å². The van der Waals surface area contributed by atoms with Crippen LogP contribution in [-0.2, 0) is 0 Å². The number of hydrogen-bond acceptors (Lipinski definition) is 3. The van der Waals surface area contributed by atoms with Crippen molar-refractivity contribution in [2.45, 2.75) is 70.9 Å². The Balaban J connectivity index is 1.95. The summed E-state index contributed by atoms with van der Waals surface area (Å²) in [6.07, 6.45) is 7.49. The SMILES string of the molecule is CCNC1(CO)CCC(N2CCC(CC)(CC)C2)C1. The Hall–Kier alpha value is -0.120. The van der Waals surface area contributed by atoms with Crippen LogP contribution in [-0.4, -0.2) is 47.8 Å². The first kappa shape index (κ1) is 15.3. The number of rotatable bonds is 6. The Kier molecular flexibility index (Phi) is 4.91. The highest BCUT2D eigenvalue weighted by Crippen LogP contribution is 2.41. The van der Waals surface area contributed by atoms with Crippen molar-refractivity contribution in [3.8, 4) is 0 Å². The van der Waals surface area contributed by atoms with Crippen LogP contribution in [0.2, 0.25) is 0 Å². The molecule has 0 aromatic rings. The van der Waals surface area contributed by atoms with E-state index in [4.69, 9.17) is 0 Å². The van der Waals surface area contributed by atoms with Crippen LogP contribution in [0.25, 0.3) is 0 Å². The van der Waals surface area contributed by atoms with Crippen molar-refractivity contribution in [2.24, 2.45) is 5.41 Å². The zero-order chi connectivity index (χ0) is 13.9. The Morgan fingerprint density at radius 2 is 1.95 bits per heavy atom. The molecule has 2 rings (SSSR count). The summed E-state index contributed by atoms with van der Waals surface area (Å²) >= 11 is 0. The number of aliphatic hydroxyl groups excluding tert-OH is 1. The molecule has 2 fully saturated rings. The largest absolute Gasteiger partial charge is 0.394 e. The predicted molar refractivity (Wildman–Crippen MR) is 80.3 cm³/mol. The number of hydrogen-bond donors (Lipinski definition) is 2. The van der Waals surface area contributed by atoms with E-state index in [0.29, 0.717) is 11.5 Å². The molecule has 1 aliphatic heterocycles. The number of likely N-dealkylation sites (tertiary alicyclic amines) is 1. The van der Waals surface area contributed by atoms with E-state index in [1.165, 1.54) is 38.8 Å². The van der Waals surface area contributed by atoms with E-state index < -0.39 is 0 Å². The quantitative estimate of drug-likeness (QED) is 0.776. The smallest absolute Gasteiger partial charge is 0.0613 e. The van der Waals surface area contributed by atoms with Crippen LogP contribution in [0.1, 0.15) is 59.3 Å². The van der Waals surface area contributed by atoms with Crippen LogP contribution in [0.15, 0.2) is 0 Å². The average molecular weight is 268 g/mol. The summed E-state index contributed by atoms with van der Waals surface area (Å²) in [5.41, 5.74) is 0.575. The monoisotopic (exact) mass is 268 g/mol. The molecule has 19 heavy (non-hydrogen) atoms. The van der Waals surface area contributed by atoms with Gasteiger partial charge in [-0.25, -0.2) is 0 Å². The molecule has 1 heterocycles. The van der Waals surface area contributed by atoms with Gasteiger partial charge in [0.05, 0.1) is 6.61 Å². The highest BCUT2D eigenvalue weighted by Gasteiger charge is 2.44. The van der Waals surface area contributed by atoms with Gasteiger partial charge in [-0.05, 0) is 57.0 Å². The second-order valence-corrected chi connectivity index (χ2v) is 6.79. The lowest BCUT2D eigenvalue weighted by Crippen LogP contribution is -2.47. The number of nitrogens with zero attached hydrogens (tertiary/aromatic N) is 1. The van der Waals surface area contributed by atoms with Gasteiger partial charge < -0.3 is 10.4 Å². The van der Waals surface area contributed by atoms with Crippen molar-refractivity contribution < 1.29 is 5.11 Å². The van der Waals surface area contributed by atoms with Gasteiger partial charge in [0.15, 0.2) is 0 Å². The van der Waals surface area contributed by atoms with Gasteiger partial charge >= 0.3 is 0 Å². The molecule has 0 radical (unpaired) electrons. The first-order chi connectivity index (χ1) is 9.12. The van der Waals surface area contributed by atoms with Gasteiger partial charge in [-0.15, -0.1) is 0 Å². The third kappa shape index (κ3) is 2.98. The van der Waals surface area contributed by atoms with Crippen molar-refractivity contribution in [1.29, 1.82) is 0 Å². The molecule has 2 aliphatic rings. The first-order valence-corrected chi connectivity index (χ1v) is 8.22. The lowest BCUT2D eigenvalue weighted by atomic mass is 9.82. The highest BCUT2D eigenvalue weighted by molar-refractivity contribution is 5.01. The highest BCUT2D eigenvalue weighted by atomic mass is 16.3. The molecule has 0 aromatic heterocycles. The summed E-state index contributed by atoms with van der Waals surface area (Å²) in [5, 5.41) is 13.3. The van der Waals surface area contributed by atoms with E-state index in [1.54, 1.807) is 0 Å². The second kappa shape index (κ2) is 6.11. The molecule has 3 nitrogen and oxygen atoms in total. The van der Waals surface area contributed by atoms with E-state index in [9.17, 15) is 5.11 Å². The van der Waals surface area contributed by atoms with Crippen molar-refractivity contribution in [1.82, 2.24) is 10.2 Å². The molecular formula is C16H32N2O. The maximum atomic E-state index is 9.72. The van der Waals surface area contributed by atoms with Gasteiger partial charge in [-0.3, -0.25) is 4.90 Å². The molecular weight excluding hydrogens is 236 g/mol. The van der Waals surface area contributed by atoms with Crippen molar-refractivity contribution in [2.75, 3.05) is 26.2 Å². The predicted octanol–water partition coefficient (Wildman–Crippen LogP) is 2.39. The molecule has 0 aromatic carbocycles. The number of likely N-dealkylation sites (N-methyl/N-ethyl adjacent to an activating group) is 1. The number of nitrogens with one attached hydrogen (secondary N) is 1. The Labute approximate surface area is 118 Å². The fraction of sp³-hybridized carbons (Fsp3) is 1.00. The third-order valence-corrected chi connectivity index (χ3v) is 5.92. The minimum absolute atomic E-state index is 0.00307. The summed E-state index contributed by atoms with van der Waals surface area (Å²) in [7, 11) is 0. The lowest BCUT2D eigenvalue weighted by Gasteiger charge is -2.32. The van der Waals surface area contributed by atoms with Crippen molar-refractivity contribution in [3.05, 3.63) is 0 Å². The van der Waals surface area contributed by atoms with Gasteiger partial charge in [0.2, 0.25) is 0 Å². The Morgan fingerprint density at radius 1 is 1.21 bits per heavy atom. The molecule has 1 aliphatic carbocycles.